The first-order chi connectivity index (χ1) is 34.5. The normalized spacial score (nSPS) is 10.2. The van der Waals surface area contributed by atoms with Gasteiger partial charge in [0.25, 0.3) is 11.7 Å². The van der Waals surface area contributed by atoms with E-state index in [9.17, 15) is 4.79 Å². The molecule has 0 bridgehead atoms. The molecule has 7 aromatic heterocycles. The van der Waals surface area contributed by atoms with Gasteiger partial charge in [-0.25, -0.2) is 9.97 Å². The number of nitrogens with two attached hydrogens (primary N) is 2. The summed E-state index contributed by atoms with van der Waals surface area (Å²) in [6, 6.07) is 27.4. The first-order valence-electron chi connectivity index (χ1n) is 24.8. The Kier molecular flexibility index (Phi) is 30.1. The molecule has 0 aliphatic carbocycles. The molecule has 0 aliphatic heterocycles. The molecule has 0 spiro atoms. The van der Waals surface area contributed by atoms with Crippen molar-refractivity contribution >= 4 is 17.5 Å². The Morgan fingerprint density at radius 2 is 0.904 bits per heavy atom. The minimum Gasteiger partial charge on any atom is -0.481 e. The van der Waals surface area contributed by atoms with E-state index in [2.05, 4.69) is 144 Å². The van der Waals surface area contributed by atoms with Gasteiger partial charge in [0, 0.05) is 65.8 Å². The molecule has 0 unspecified atom stereocenters. The summed E-state index contributed by atoms with van der Waals surface area (Å²) in [5.41, 5.74) is 20.7. The SMILES string of the molecule is CC(C)c1cc[n+](O)cc1.CC(C)c1ccnc(C(N)=O)c1.CC(C)c1ccnc(N)c1.CC(C)c1ccncc1.COc1cc(C(C)C)ccn1.Cc1cc(C(C)C)ccn1.[C-]#[N+]c1cc(C(C)C)ccn1. The predicted octanol–water partition coefficient (Wildman–Crippen LogP) is 14.1. The summed E-state index contributed by atoms with van der Waals surface area (Å²) in [7, 11) is 1.63. The number of carbonyl (C=O) groups excluding carboxylic acids is 1. The summed E-state index contributed by atoms with van der Waals surface area (Å²) >= 11 is 0. The van der Waals surface area contributed by atoms with Gasteiger partial charge in [0.1, 0.15) is 17.7 Å². The highest BCUT2D eigenvalue weighted by Crippen LogP contribution is 2.19. The highest BCUT2D eigenvalue weighted by molar-refractivity contribution is 5.90. The second kappa shape index (κ2) is 34.7. The minimum absolute atomic E-state index is 0.334. The molecule has 0 saturated carbocycles. The summed E-state index contributed by atoms with van der Waals surface area (Å²) in [6.07, 6.45) is 15.6. The van der Waals surface area contributed by atoms with Gasteiger partial charge in [-0.2, -0.15) is 0 Å². The fraction of sp³-hybridized carbons (Fsp3) is 0.383. The maximum atomic E-state index is 10.7. The highest BCUT2D eigenvalue weighted by Gasteiger charge is 2.06. The maximum Gasteiger partial charge on any atom is 0.269 e. The van der Waals surface area contributed by atoms with Gasteiger partial charge in [-0.05, 0) is 148 Å². The van der Waals surface area contributed by atoms with Crippen LogP contribution in [0.25, 0.3) is 4.85 Å². The third-order valence-electron chi connectivity index (χ3n) is 10.8. The third-order valence-corrected chi connectivity index (χ3v) is 10.8. The Morgan fingerprint density at radius 3 is 1.30 bits per heavy atom. The summed E-state index contributed by atoms with van der Waals surface area (Å²) < 4.78 is 6.04. The van der Waals surface area contributed by atoms with Gasteiger partial charge in [-0.3, -0.25) is 25.0 Å². The zero-order valence-electron chi connectivity index (χ0n) is 46.3. The second-order valence-corrected chi connectivity index (χ2v) is 19.1. The van der Waals surface area contributed by atoms with Crippen LogP contribution >= 0.6 is 0 Å². The molecule has 13 nitrogen and oxygen atoms in total. The Morgan fingerprint density at radius 1 is 0.521 bits per heavy atom. The zero-order valence-corrected chi connectivity index (χ0v) is 46.3. The lowest BCUT2D eigenvalue weighted by Crippen LogP contribution is -2.28. The number of nitrogens with zero attached hydrogens (tertiary/aromatic N) is 8. The van der Waals surface area contributed by atoms with Crippen molar-refractivity contribution in [2.75, 3.05) is 12.8 Å². The van der Waals surface area contributed by atoms with Crippen LogP contribution < -0.4 is 20.9 Å². The van der Waals surface area contributed by atoms with E-state index in [4.69, 9.17) is 28.0 Å². The van der Waals surface area contributed by atoms with Gasteiger partial charge in [-0.1, -0.05) is 109 Å². The monoisotopic (exact) mass is 992 g/mol. The Balaban J connectivity index is 0.000000426. The molecule has 0 saturated heterocycles. The van der Waals surface area contributed by atoms with Gasteiger partial charge in [0.15, 0.2) is 0 Å². The van der Waals surface area contributed by atoms with Gasteiger partial charge in [0.05, 0.1) is 7.11 Å². The molecular weight excluding hydrogens is 909 g/mol. The fourth-order valence-corrected chi connectivity index (χ4v) is 6.01. The van der Waals surface area contributed by atoms with Crippen LogP contribution in [0.5, 0.6) is 5.88 Å². The van der Waals surface area contributed by atoms with E-state index < -0.39 is 5.91 Å². The standard InChI is InChI=1S/C9H12N2O.C9H10N2.C9H13NO.C9H13N.C8H12N2.C8H12NO.C8H11N/c1-6(2)7-3-4-11-8(5-7)9(10)12;1-7(2)8-4-5-11-9(6-8)10-3;1-7(2)8-4-5-10-9(6-8)11-3;1-7(2)9-4-5-10-8(3)6-9;1-6(2)7-3-4-10-8(9)5-7;1-7(2)8-3-5-9(10)6-4-8;1-7(2)8-3-5-9-6-4-8/h3-6H,1-2H3,(H2,10,12);4-7H,1-2H3;4-7H,1-3H3;4-7H,1-3H3;3-6H,1-2H3,(H2,9,10);3-7,10H,1-2H3;3-7H,1-2H3/q;;;;;+1;. The largest absolute Gasteiger partial charge is 0.481 e. The van der Waals surface area contributed by atoms with Crippen LogP contribution in [-0.4, -0.2) is 48.1 Å². The third kappa shape index (κ3) is 27.0. The number of primary amides is 1. The lowest BCUT2D eigenvalue weighted by molar-refractivity contribution is -0.904. The van der Waals surface area contributed by atoms with E-state index >= 15 is 0 Å². The van der Waals surface area contributed by atoms with E-state index in [0.29, 0.717) is 64.6 Å². The highest BCUT2D eigenvalue weighted by atomic mass is 16.5. The van der Waals surface area contributed by atoms with E-state index in [1.165, 1.54) is 33.4 Å². The molecule has 73 heavy (non-hydrogen) atoms. The second-order valence-electron chi connectivity index (χ2n) is 19.1. The van der Waals surface area contributed by atoms with Crippen molar-refractivity contribution < 1.29 is 19.5 Å². The molecule has 5 N–H and O–H groups in total. The molecule has 1 amide bonds. The van der Waals surface area contributed by atoms with Crippen LogP contribution in [0.15, 0.2) is 141 Å². The number of methoxy groups -OCH3 is 1. The Hall–Kier alpha value is -7.59. The summed E-state index contributed by atoms with van der Waals surface area (Å²) in [6.45, 7) is 38.6. The first-order valence-corrected chi connectivity index (χ1v) is 24.8. The topological polar surface area (TPSA) is 184 Å². The van der Waals surface area contributed by atoms with Crippen LogP contribution in [0.3, 0.4) is 0 Å². The number of ether oxygens (including phenoxy) is 1. The molecule has 0 aliphatic rings. The number of pyridine rings is 7. The average molecular weight is 992 g/mol. The summed E-state index contributed by atoms with van der Waals surface area (Å²) in [5.74, 6) is 4.99. The van der Waals surface area contributed by atoms with Crippen molar-refractivity contribution in [3.63, 3.8) is 0 Å². The van der Waals surface area contributed by atoms with Crippen molar-refractivity contribution in [1.82, 2.24) is 29.9 Å². The number of carbonyl (C=O) groups is 1. The van der Waals surface area contributed by atoms with E-state index in [1.807, 2.05) is 92.2 Å². The number of nitrogen functional groups attached to an aromatic ring is 1. The molecular formula is C60H83N10O3+. The van der Waals surface area contributed by atoms with Crippen molar-refractivity contribution in [2.24, 2.45) is 5.73 Å². The van der Waals surface area contributed by atoms with E-state index in [-0.39, 0.29) is 0 Å². The average Bonchev–Trinajstić information content (AvgIpc) is 3.38. The number of hydrogen-bond donors (Lipinski definition) is 3. The molecule has 7 aromatic rings. The van der Waals surface area contributed by atoms with Crippen LogP contribution in [0.4, 0.5) is 11.6 Å². The van der Waals surface area contributed by atoms with Gasteiger partial charge in [0.2, 0.25) is 18.3 Å². The Labute approximate surface area is 437 Å². The van der Waals surface area contributed by atoms with Gasteiger partial charge < -0.3 is 21.0 Å². The predicted molar refractivity (Wildman–Crippen MR) is 298 cm³/mol. The van der Waals surface area contributed by atoms with Crippen LogP contribution in [0, 0.1) is 13.5 Å². The van der Waals surface area contributed by atoms with Gasteiger partial charge >= 0.3 is 0 Å². The number of aryl methyl sites for hydroxylation is 1. The molecule has 0 radical (unpaired) electrons. The van der Waals surface area contributed by atoms with Crippen LogP contribution in [0.2, 0.25) is 0 Å². The summed E-state index contributed by atoms with van der Waals surface area (Å²) in [4.78, 5) is 37.7. The first kappa shape index (κ1) is 63.4. The van der Waals surface area contributed by atoms with Crippen molar-refractivity contribution in [3.05, 3.63) is 202 Å². The molecule has 7 rings (SSSR count). The van der Waals surface area contributed by atoms with Crippen LogP contribution in [-0.2, 0) is 0 Å². The smallest absolute Gasteiger partial charge is 0.269 e. The lowest BCUT2D eigenvalue weighted by Gasteiger charge is -2.05. The van der Waals surface area contributed by atoms with Crippen LogP contribution in [0.1, 0.15) is 193 Å². The number of hydrogen-bond acceptors (Lipinski definition) is 10. The molecule has 390 valence electrons. The lowest BCUT2D eigenvalue weighted by atomic mass is 10.0. The van der Waals surface area contributed by atoms with Crippen molar-refractivity contribution in [1.29, 1.82) is 0 Å². The van der Waals surface area contributed by atoms with Gasteiger partial charge in [-0.15, -0.1) is 4.98 Å². The minimum atomic E-state index is -0.475. The number of anilines is 1. The molecule has 13 heteroatoms. The van der Waals surface area contributed by atoms with Crippen molar-refractivity contribution in [3.8, 4) is 5.88 Å². The number of rotatable bonds is 9. The molecule has 7 heterocycles. The molecule has 0 fully saturated rings. The number of amides is 1. The Bertz CT molecular complexity index is 2600. The van der Waals surface area contributed by atoms with E-state index in [0.717, 1.165) is 16.0 Å². The van der Waals surface area contributed by atoms with E-state index in [1.54, 1.807) is 50.4 Å². The quantitative estimate of drug-likeness (QED) is 0.0714. The molecule has 0 atom stereocenters. The number of aromatic nitrogens is 7. The zero-order chi connectivity index (χ0) is 55.0. The summed E-state index contributed by atoms with van der Waals surface area (Å²) in [5, 5.41) is 8.86. The van der Waals surface area contributed by atoms with Crippen molar-refractivity contribution in [2.45, 2.75) is 145 Å². The molecule has 0 aromatic carbocycles. The fourth-order valence-electron chi connectivity index (χ4n) is 6.01. The maximum absolute atomic E-state index is 10.7.